The van der Waals surface area contributed by atoms with E-state index in [2.05, 4.69) is 5.32 Å². The van der Waals surface area contributed by atoms with Crippen LogP contribution < -0.4 is 5.32 Å². The first kappa shape index (κ1) is 18.7. The van der Waals surface area contributed by atoms with E-state index in [1.54, 1.807) is 27.7 Å². The number of carbonyl (C=O) groups is 2. The Morgan fingerprint density at radius 2 is 1.80 bits per heavy atom. The number of sulfone groups is 1. The van der Waals surface area contributed by atoms with Crippen LogP contribution in [0.5, 0.6) is 0 Å². The van der Waals surface area contributed by atoms with Gasteiger partial charge in [0.25, 0.3) is 0 Å². The summed E-state index contributed by atoms with van der Waals surface area (Å²) >= 11 is 0. The van der Waals surface area contributed by atoms with E-state index in [4.69, 9.17) is 9.84 Å². The molecule has 0 rings (SSSR count). The van der Waals surface area contributed by atoms with Crippen molar-refractivity contribution < 1.29 is 27.9 Å². The number of ether oxygens (including phenoxy) is 1. The highest BCUT2D eigenvalue weighted by molar-refractivity contribution is 7.90. The molecule has 0 aliphatic rings. The second-order valence-electron chi connectivity index (χ2n) is 5.97. The van der Waals surface area contributed by atoms with E-state index in [1.807, 2.05) is 0 Å². The van der Waals surface area contributed by atoms with Crippen LogP contribution in [0.25, 0.3) is 0 Å². The molecule has 2 N–H and O–H groups in total. The summed E-state index contributed by atoms with van der Waals surface area (Å²) in [7, 11) is -3.19. The number of rotatable bonds is 6. The van der Waals surface area contributed by atoms with Crippen molar-refractivity contribution >= 4 is 21.9 Å². The molecule has 0 radical (unpaired) electrons. The summed E-state index contributed by atoms with van der Waals surface area (Å²) in [6, 6.07) is -1.18. The number of amides is 1. The molecule has 0 heterocycles. The summed E-state index contributed by atoms with van der Waals surface area (Å²) < 4.78 is 27.3. The minimum Gasteiger partial charge on any atom is -0.480 e. The molecule has 0 saturated heterocycles. The number of hydrogen-bond donors (Lipinski definition) is 2. The molecule has 2 atom stereocenters. The Morgan fingerprint density at radius 3 is 2.15 bits per heavy atom. The van der Waals surface area contributed by atoms with Gasteiger partial charge in [-0.05, 0) is 33.1 Å². The first-order chi connectivity index (χ1) is 8.80. The van der Waals surface area contributed by atoms with E-state index >= 15 is 0 Å². The number of nitrogens with one attached hydrogen (secondary N) is 1. The highest BCUT2D eigenvalue weighted by Crippen LogP contribution is 2.11. The third-order valence-corrected chi connectivity index (χ3v) is 3.39. The predicted octanol–water partition coefficient (Wildman–Crippen LogP) is 1.04. The topological polar surface area (TPSA) is 110 Å². The SMILES string of the molecule is CC(CC(NC(=O)OC(C)(C)C)C(=O)O)CS(C)(=O)=O. The van der Waals surface area contributed by atoms with E-state index in [-0.39, 0.29) is 18.1 Å². The lowest BCUT2D eigenvalue weighted by atomic mass is 10.0. The number of alkyl carbamates (subject to hydrolysis) is 1. The van der Waals surface area contributed by atoms with Crippen LogP contribution in [0.4, 0.5) is 4.79 Å². The zero-order valence-electron chi connectivity index (χ0n) is 12.5. The molecule has 0 bridgehead atoms. The lowest BCUT2D eigenvalue weighted by Crippen LogP contribution is -2.44. The molecule has 0 aromatic rings. The minimum absolute atomic E-state index is 0.0155. The van der Waals surface area contributed by atoms with Gasteiger partial charge in [-0.15, -0.1) is 0 Å². The van der Waals surface area contributed by atoms with Crippen LogP contribution in [-0.2, 0) is 19.4 Å². The van der Waals surface area contributed by atoms with E-state index in [1.165, 1.54) is 0 Å². The molecule has 1 amide bonds. The van der Waals surface area contributed by atoms with Gasteiger partial charge >= 0.3 is 12.1 Å². The van der Waals surface area contributed by atoms with E-state index in [0.717, 1.165) is 6.26 Å². The highest BCUT2D eigenvalue weighted by atomic mass is 32.2. The summed E-state index contributed by atoms with van der Waals surface area (Å²) in [5.41, 5.74) is -0.731. The zero-order chi connectivity index (χ0) is 16.1. The Kier molecular flexibility index (Phi) is 6.46. The molecule has 2 unspecified atom stereocenters. The maximum Gasteiger partial charge on any atom is 0.408 e. The van der Waals surface area contributed by atoms with Crippen LogP contribution in [0, 0.1) is 5.92 Å². The number of aliphatic carboxylic acids is 1. The zero-order valence-corrected chi connectivity index (χ0v) is 13.3. The standard InChI is InChI=1S/C12H23NO6S/c1-8(7-20(5,17)18)6-9(10(14)15)13-11(16)19-12(2,3)4/h8-9H,6-7H2,1-5H3,(H,13,16)(H,14,15). The van der Waals surface area contributed by atoms with Gasteiger partial charge in [-0.25, -0.2) is 18.0 Å². The lowest BCUT2D eigenvalue weighted by Gasteiger charge is -2.23. The average Bonchev–Trinajstić information content (AvgIpc) is 2.09. The smallest absolute Gasteiger partial charge is 0.408 e. The van der Waals surface area contributed by atoms with Crippen LogP contribution in [0.15, 0.2) is 0 Å². The third kappa shape index (κ3) is 9.60. The van der Waals surface area contributed by atoms with Crippen LogP contribution in [-0.4, -0.2) is 49.2 Å². The number of carboxylic acids is 1. The fourth-order valence-electron chi connectivity index (χ4n) is 1.66. The van der Waals surface area contributed by atoms with Crippen molar-refractivity contribution in [2.75, 3.05) is 12.0 Å². The Balaban J connectivity index is 4.60. The maximum atomic E-state index is 11.5. The van der Waals surface area contributed by atoms with Crippen molar-refractivity contribution in [1.82, 2.24) is 5.32 Å². The summed E-state index contributed by atoms with van der Waals surface area (Å²) in [4.78, 5) is 22.6. The molecule has 0 aromatic heterocycles. The molecule has 0 saturated carbocycles. The number of hydrogen-bond acceptors (Lipinski definition) is 5. The maximum absolute atomic E-state index is 11.5. The van der Waals surface area contributed by atoms with Crippen LogP contribution >= 0.6 is 0 Å². The molecule has 0 fully saturated rings. The van der Waals surface area contributed by atoms with Gasteiger partial charge in [0, 0.05) is 6.26 Å². The second-order valence-corrected chi connectivity index (χ2v) is 8.16. The van der Waals surface area contributed by atoms with Gasteiger partial charge in [0.2, 0.25) is 0 Å². The van der Waals surface area contributed by atoms with Gasteiger partial charge in [-0.3, -0.25) is 0 Å². The fraction of sp³-hybridized carbons (Fsp3) is 0.833. The van der Waals surface area contributed by atoms with Crippen molar-refractivity contribution in [2.24, 2.45) is 5.92 Å². The first-order valence-corrected chi connectivity index (χ1v) is 8.26. The summed E-state index contributed by atoms with van der Waals surface area (Å²) in [6.07, 6.45) is 0.263. The van der Waals surface area contributed by atoms with Crippen molar-refractivity contribution in [3.8, 4) is 0 Å². The van der Waals surface area contributed by atoms with Gasteiger partial charge in [0.1, 0.15) is 21.5 Å². The molecule has 20 heavy (non-hydrogen) atoms. The van der Waals surface area contributed by atoms with Gasteiger partial charge in [0.15, 0.2) is 0 Å². The van der Waals surface area contributed by atoms with E-state index in [9.17, 15) is 18.0 Å². The summed E-state index contributed by atoms with van der Waals surface area (Å²) in [5.74, 6) is -1.75. The molecule has 8 heteroatoms. The minimum atomic E-state index is -3.19. The highest BCUT2D eigenvalue weighted by Gasteiger charge is 2.26. The lowest BCUT2D eigenvalue weighted by molar-refractivity contribution is -0.139. The van der Waals surface area contributed by atoms with Crippen molar-refractivity contribution in [3.63, 3.8) is 0 Å². The largest absolute Gasteiger partial charge is 0.480 e. The van der Waals surface area contributed by atoms with Gasteiger partial charge in [-0.2, -0.15) is 0 Å². The molecule has 7 nitrogen and oxygen atoms in total. The Morgan fingerprint density at radius 1 is 1.30 bits per heavy atom. The molecule has 0 aliphatic carbocycles. The first-order valence-electron chi connectivity index (χ1n) is 6.20. The van der Waals surface area contributed by atoms with Gasteiger partial charge in [-0.1, -0.05) is 6.92 Å². The van der Waals surface area contributed by atoms with Crippen LogP contribution in [0.2, 0.25) is 0 Å². The number of carboxylic acid groups (broad SMARTS) is 1. The Bertz CT molecular complexity index is 451. The van der Waals surface area contributed by atoms with Crippen LogP contribution in [0.3, 0.4) is 0 Å². The third-order valence-electron chi connectivity index (χ3n) is 2.21. The van der Waals surface area contributed by atoms with Crippen LogP contribution in [0.1, 0.15) is 34.1 Å². The molecule has 0 spiro atoms. The van der Waals surface area contributed by atoms with E-state index < -0.39 is 33.5 Å². The van der Waals surface area contributed by atoms with Crippen molar-refractivity contribution in [3.05, 3.63) is 0 Å². The number of carbonyl (C=O) groups excluding carboxylic acids is 1. The Hall–Kier alpha value is -1.31. The normalized spacial score (nSPS) is 15.2. The molecular weight excluding hydrogens is 286 g/mol. The Labute approximate surface area is 119 Å². The summed E-state index contributed by atoms with van der Waals surface area (Å²) in [5, 5.41) is 11.3. The van der Waals surface area contributed by atoms with Gasteiger partial charge in [0.05, 0.1) is 5.75 Å². The second kappa shape index (κ2) is 6.92. The quantitative estimate of drug-likeness (QED) is 0.758. The average molecular weight is 309 g/mol. The summed E-state index contributed by atoms with van der Waals surface area (Å²) in [6.45, 7) is 6.60. The monoisotopic (exact) mass is 309 g/mol. The molecule has 0 aliphatic heterocycles. The van der Waals surface area contributed by atoms with Crippen molar-refractivity contribution in [1.29, 1.82) is 0 Å². The van der Waals surface area contributed by atoms with Gasteiger partial charge < -0.3 is 15.2 Å². The van der Waals surface area contributed by atoms with E-state index in [0.29, 0.717) is 0 Å². The fourth-order valence-corrected chi connectivity index (χ4v) is 2.83. The molecular formula is C12H23NO6S. The molecule has 0 aromatic carbocycles. The predicted molar refractivity (Wildman–Crippen MR) is 74.3 cm³/mol. The molecule has 118 valence electrons. The van der Waals surface area contributed by atoms with Crippen molar-refractivity contribution in [2.45, 2.75) is 45.8 Å².